The minimum absolute atomic E-state index is 0.173. The van der Waals surface area contributed by atoms with Gasteiger partial charge in [0.25, 0.3) is 5.91 Å². The Balaban J connectivity index is 1.75. The van der Waals surface area contributed by atoms with Crippen LogP contribution < -0.4 is 15.0 Å². The van der Waals surface area contributed by atoms with Crippen LogP contribution in [0.15, 0.2) is 18.2 Å². The molecule has 0 aliphatic carbocycles. The summed E-state index contributed by atoms with van der Waals surface area (Å²) in [7, 11) is 2.84. The van der Waals surface area contributed by atoms with Gasteiger partial charge in [-0.2, -0.15) is 0 Å². The van der Waals surface area contributed by atoms with E-state index >= 15 is 0 Å². The number of ether oxygens (including phenoxy) is 3. The molecule has 0 radical (unpaired) electrons. The highest BCUT2D eigenvalue weighted by molar-refractivity contribution is 6.11. The van der Waals surface area contributed by atoms with Crippen LogP contribution in [-0.4, -0.2) is 63.3 Å². The maximum atomic E-state index is 12.8. The first-order valence-electron chi connectivity index (χ1n) is 10.0. The van der Waals surface area contributed by atoms with E-state index in [1.165, 1.54) is 7.11 Å². The van der Waals surface area contributed by atoms with Crippen molar-refractivity contribution in [2.24, 2.45) is 5.92 Å². The van der Waals surface area contributed by atoms with Crippen LogP contribution >= 0.6 is 0 Å². The lowest BCUT2D eigenvalue weighted by Gasteiger charge is -2.28. The van der Waals surface area contributed by atoms with Crippen LogP contribution in [0.1, 0.15) is 30.3 Å². The Kier molecular flexibility index (Phi) is 6.94. The zero-order chi connectivity index (χ0) is 21.7. The van der Waals surface area contributed by atoms with Crippen molar-refractivity contribution in [1.82, 2.24) is 4.98 Å². The maximum absolute atomic E-state index is 12.8. The fraction of sp³-hybridized carbons (Fsp3) is 0.476. The second kappa shape index (κ2) is 9.62. The predicted octanol–water partition coefficient (Wildman–Crippen LogP) is 0.760. The quantitative estimate of drug-likeness (QED) is 0.573. The number of anilines is 1. The van der Waals surface area contributed by atoms with Crippen molar-refractivity contribution in [3.63, 3.8) is 0 Å². The standard InChI is InChI=1S/C21H27N3O6/c1-4-30-20(26)13-6-5-9-24(11-13)12-17(25)23-18-15-8-7-14(28-2)10-16(15)22-19(18)21(27)29-3/h7-8,10,13,22H,4-6,9,11-12H2,1-3H3,(H,23,25)/p+1/t13-/m0/s1. The van der Waals surface area contributed by atoms with E-state index in [9.17, 15) is 14.4 Å². The van der Waals surface area contributed by atoms with Gasteiger partial charge < -0.3 is 29.4 Å². The summed E-state index contributed by atoms with van der Waals surface area (Å²) >= 11 is 0. The van der Waals surface area contributed by atoms with E-state index in [4.69, 9.17) is 14.2 Å². The number of piperidine rings is 1. The predicted molar refractivity (Wildman–Crippen MR) is 110 cm³/mol. The molecule has 1 unspecified atom stereocenters. The molecule has 30 heavy (non-hydrogen) atoms. The molecule has 2 atom stereocenters. The van der Waals surface area contributed by atoms with Crippen molar-refractivity contribution in [3.8, 4) is 5.75 Å². The van der Waals surface area contributed by atoms with Gasteiger partial charge in [0, 0.05) is 11.5 Å². The van der Waals surface area contributed by atoms with Gasteiger partial charge in [-0.25, -0.2) is 4.79 Å². The Labute approximate surface area is 174 Å². The third-order valence-corrected chi connectivity index (χ3v) is 5.31. The number of fused-ring (bicyclic) bond motifs is 1. The summed E-state index contributed by atoms with van der Waals surface area (Å²) in [5.74, 6) is -0.577. The number of aromatic nitrogens is 1. The molecule has 0 spiro atoms. The molecule has 3 rings (SSSR count). The van der Waals surface area contributed by atoms with Gasteiger partial charge in [-0.05, 0) is 31.9 Å². The molecule has 1 aromatic heterocycles. The lowest BCUT2D eigenvalue weighted by Crippen LogP contribution is -3.14. The fourth-order valence-electron chi connectivity index (χ4n) is 3.87. The molecule has 1 aromatic carbocycles. The molecule has 2 heterocycles. The number of hydrogen-bond donors (Lipinski definition) is 3. The largest absolute Gasteiger partial charge is 0.497 e. The first kappa shape index (κ1) is 21.6. The molecule has 1 saturated heterocycles. The van der Waals surface area contributed by atoms with Gasteiger partial charge in [-0.15, -0.1) is 0 Å². The van der Waals surface area contributed by atoms with Crippen LogP contribution in [-0.2, 0) is 19.1 Å². The van der Waals surface area contributed by atoms with Crippen molar-refractivity contribution < 1.29 is 33.5 Å². The lowest BCUT2D eigenvalue weighted by atomic mass is 9.98. The smallest absolute Gasteiger partial charge is 0.356 e. The van der Waals surface area contributed by atoms with Crippen molar-refractivity contribution in [3.05, 3.63) is 23.9 Å². The number of methoxy groups -OCH3 is 2. The first-order chi connectivity index (χ1) is 14.5. The highest BCUT2D eigenvalue weighted by Gasteiger charge is 2.31. The summed E-state index contributed by atoms with van der Waals surface area (Å²) in [5.41, 5.74) is 1.20. The van der Waals surface area contributed by atoms with Gasteiger partial charge in [0.15, 0.2) is 6.54 Å². The lowest BCUT2D eigenvalue weighted by molar-refractivity contribution is -0.899. The third-order valence-electron chi connectivity index (χ3n) is 5.31. The average molecular weight is 418 g/mol. The molecule has 9 heteroatoms. The van der Waals surface area contributed by atoms with Crippen LogP contribution in [0.3, 0.4) is 0 Å². The molecule has 9 nitrogen and oxygen atoms in total. The summed E-state index contributed by atoms with van der Waals surface area (Å²) in [6.07, 6.45) is 1.63. The third kappa shape index (κ3) is 4.73. The average Bonchev–Trinajstić information content (AvgIpc) is 3.10. The summed E-state index contributed by atoms with van der Waals surface area (Å²) in [4.78, 5) is 41.0. The number of amides is 1. The summed E-state index contributed by atoms with van der Waals surface area (Å²) in [6.45, 7) is 3.69. The summed E-state index contributed by atoms with van der Waals surface area (Å²) < 4.78 is 15.2. The van der Waals surface area contributed by atoms with E-state index in [1.807, 2.05) is 0 Å². The van der Waals surface area contributed by atoms with Crippen molar-refractivity contribution in [1.29, 1.82) is 0 Å². The van der Waals surface area contributed by atoms with E-state index in [-0.39, 0.29) is 30.0 Å². The Morgan fingerprint density at radius 1 is 1.27 bits per heavy atom. The van der Waals surface area contributed by atoms with Crippen LogP contribution in [0.4, 0.5) is 5.69 Å². The number of H-pyrrole nitrogens is 1. The number of likely N-dealkylation sites (tertiary alicyclic amines) is 1. The van der Waals surface area contributed by atoms with E-state index in [1.54, 1.807) is 32.2 Å². The SMILES string of the molecule is CCOC(=O)[C@H]1CCC[NH+](CC(=O)Nc2c(C(=O)OC)[nH]c3cc(OC)ccc23)C1. The number of benzene rings is 1. The Bertz CT molecular complexity index is 938. The van der Waals surface area contributed by atoms with Gasteiger partial charge in [0.05, 0.1) is 45.1 Å². The minimum atomic E-state index is -0.576. The molecular formula is C21H28N3O6+. The molecule has 1 amide bonds. The summed E-state index contributed by atoms with van der Waals surface area (Å²) in [5, 5.41) is 3.54. The molecule has 1 aliphatic rings. The van der Waals surface area contributed by atoms with Gasteiger partial charge in [0.1, 0.15) is 17.4 Å². The number of nitrogens with one attached hydrogen (secondary N) is 3. The topological polar surface area (TPSA) is 111 Å². The van der Waals surface area contributed by atoms with Gasteiger partial charge in [-0.3, -0.25) is 9.59 Å². The van der Waals surface area contributed by atoms with Crippen molar-refractivity contribution in [2.45, 2.75) is 19.8 Å². The summed E-state index contributed by atoms with van der Waals surface area (Å²) in [6, 6.07) is 5.28. The molecule has 0 bridgehead atoms. The molecule has 1 aliphatic heterocycles. The molecule has 3 N–H and O–H groups in total. The number of carbonyl (C=O) groups is 3. The van der Waals surface area contributed by atoms with Crippen LogP contribution in [0, 0.1) is 5.92 Å². The van der Waals surface area contributed by atoms with E-state index in [0.29, 0.717) is 35.5 Å². The second-order valence-corrected chi connectivity index (χ2v) is 7.30. The second-order valence-electron chi connectivity index (χ2n) is 7.30. The number of hydrogen-bond acceptors (Lipinski definition) is 6. The van der Waals surface area contributed by atoms with Crippen LogP contribution in [0.25, 0.3) is 10.9 Å². The van der Waals surface area contributed by atoms with Gasteiger partial charge in [0.2, 0.25) is 0 Å². The van der Waals surface area contributed by atoms with E-state index in [0.717, 1.165) is 24.3 Å². The maximum Gasteiger partial charge on any atom is 0.356 e. The Morgan fingerprint density at radius 2 is 2.07 bits per heavy atom. The van der Waals surface area contributed by atoms with Crippen LogP contribution in [0.2, 0.25) is 0 Å². The number of carbonyl (C=O) groups excluding carboxylic acids is 3. The van der Waals surface area contributed by atoms with Crippen LogP contribution in [0.5, 0.6) is 5.75 Å². The minimum Gasteiger partial charge on any atom is -0.497 e. The molecule has 2 aromatic rings. The molecular weight excluding hydrogens is 390 g/mol. The highest BCUT2D eigenvalue weighted by atomic mass is 16.5. The number of aromatic amines is 1. The Hall–Kier alpha value is -3.07. The fourth-order valence-corrected chi connectivity index (χ4v) is 3.87. The van der Waals surface area contributed by atoms with E-state index < -0.39 is 5.97 Å². The zero-order valence-electron chi connectivity index (χ0n) is 17.5. The monoisotopic (exact) mass is 418 g/mol. The normalized spacial score (nSPS) is 18.6. The van der Waals surface area contributed by atoms with Gasteiger partial charge >= 0.3 is 11.9 Å². The Morgan fingerprint density at radius 3 is 2.77 bits per heavy atom. The molecule has 162 valence electrons. The molecule has 0 saturated carbocycles. The first-order valence-corrected chi connectivity index (χ1v) is 10.0. The van der Waals surface area contributed by atoms with E-state index in [2.05, 4.69) is 10.3 Å². The van der Waals surface area contributed by atoms with Gasteiger partial charge in [-0.1, -0.05) is 0 Å². The number of esters is 2. The zero-order valence-corrected chi connectivity index (χ0v) is 17.5. The van der Waals surface area contributed by atoms with Crippen molar-refractivity contribution in [2.75, 3.05) is 45.8 Å². The van der Waals surface area contributed by atoms with Crippen molar-refractivity contribution >= 4 is 34.4 Å². The number of quaternary nitrogens is 1. The highest BCUT2D eigenvalue weighted by Crippen LogP contribution is 2.31. The number of rotatable bonds is 7. The molecule has 1 fully saturated rings.